The number of unbranched alkanes of at least 4 members (excludes halogenated alkanes) is 1. The molecule has 0 bridgehead atoms. The number of rotatable bonds is 7. The van der Waals surface area contributed by atoms with Crippen molar-refractivity contribution in [2.75, 3.05) is 0 Å². The van der Waals surface area contributed by atoms with Crippen molar-refractivity contribution in [3.63, 3.8) is 0 Å². The number of Topliss-reactive ketones (excluding diaryl/α,β-unsaturated/α-hetero) is 1. The largest absolute Gasteiger partial charge is 0.481 e. The van der Waals surface area contributed by atoms with E-state index in [1.54, 1.807) is 0 Å². The average Bonchev–Trinajstić information content (AvgIpc) is 2.82. The van der Waals surface area contributed by atoms with Crippen LogP contribution in [0.15, 0.2) is 30.5 Å². The Kier molecular flexibility index (Phi) is 4.26. The zero-order chi connectivity index (χ0) is 18.4. The summed E-state index contributed by atoms with van der Waals surface area (Å²) in [7, 11) is 0. The minimum atomic E-state index is -0.758. The molecule has 1 aromatic heterocycles. The molecule has 0 atom stereocenters. The van der Waals surface area contributed by atoms with Gasteiger partial charge < -0.3 is 9.67 Å². The van der Waals surface area contributed by atoms with Crippen molar-refractivity contribution in [3.8, 4) is 0 Å². The molecule has 1 N–H and O–H groups in total. The number of fused-ring (bicyclic) bond motifs is 1. The van der Waals surface area contributed by atoms with Gasteiger partial charge in [-0.15, -0.1) is 0 Å². The average molecular weight is 341 g/mol. The highest BCUT2D eigenvalue weighted by Crippen LogP contribution is 2.69. The van der Waals surface area contributed by atoms with E-state index in [4.69, 9.17) is 5.11 Å². The minimum absolute atomic E-state index is 0.0226. The van der Waals surface area contributed by atoms with Crippen LogP contribution in [0.25, 0.3) is 10.9 Å². The lowest BCUT2D eigenvalue weighted by Gasteiger charge is -2.04. The lowest BCUT2D eigenvalue weighted by molar-refractivity contribution is -0.137. The summed E-state index contributed by atoms with van der Waals surface area (Å²) in [4.78, 5) is 23.9. The first-order valence-electron chi connectivity index (χ1n) is 9.02. The van der Waals surface area contributed by atoms with Gasteiger partial charge in [-0.25, -0.2) is 0 Å². The Balaban J connectivity index is 1.87. The third-order valence-corrected chi connectivity index (χ3v) is 6.38. The quantitative estimate of drug-likeness (QED) is 0.583. The van der Waals surface area contributed by atoms with Crippen LogP contribution in [-0.4, -0.2) is 21.4 Å². The van der Waals surface area contributed by atoms with Crippen molar-refractivity contribution in [2.45, 2.75) is 53.5 Å². The molecule has 25 heavy (non-hydrogen) atoms. The number of aliphatic carboxylic acids is 1. The molecule has 0 radical (unpaired) electrons. The Morgan fingerprint density at radius 1 is 1.08 bits per heavy atom. The number of aryl methyl sites for hydroxylation is 1. The molecule has 0 amide bonds. The Bertz CT molecular complexity index is 815. The van der Waals surface area contributed by atoms with Gasteiger partial charge in [-0.3, -0.25) is 9.59 Å². The standard InChI is InChI=1S/C21H27NO3/c1-20(2)19(21(20,3)4)18(25)15-13-22(12-8-7-11-17(23)24)16-10-6-5-9-14(15)16/h5-6,9-10,13,19H,7-8,11-12H2,1-4H3,(H,23,24). The molecule has 0 aliphatic heterocycles. The van der Waals surface area contributed by atoms with Gasteiger partial charge in [0.25, 0.3) is 0 Å². The number of carboxylic acid groups (broad SMARTS) is 1. The third kappa shape index (κ3) is 2.88. The molecule has 1 aliphatic carbocycles. The summed E-state index contributed by atoms with van der Waals surface area (Å²) in [5.74, 6) is -0.479. The number of carbonyl (C=O) groups excluding carboxylic acids is 1. The fourth-order valence-corrected chi connectivity index (χ4v) is 4.19. The van der Waals surface area contributed by atoms with E-state index in [2.05, 4.69) is 32.3 Å². The first-order valence-corrected chi connectivity index (χ1v) is 9.02. The second-order valence-corrected chi connectivity index (χ2v) is 8.34. The SMILES string of the molecule is CC1(C)C(C(=O)c2cn(CCCCC(=O)O)c3ccccc23)C1(C)C. The summed E-state index contributed by atoms with van der Waals surface area (Å²) in [5, 5.41) is 9.78. The molecule has 1 aromatic carbocycles. The van der Waals surface area contributed by atoms with Crippen LogP contribution in [0, 0.1) is 16.7 Å². The molecular weight excluding hydrogens is 314 g/mol. The number of hydrogen-bond acceptors (Lipinski definition) is 2. The van der Waals surface area contributed by atoms with Crippen LogP contribution < -0.4 is 0 Å². The van der Waals surface area contributed by atoms with Gasteiger partial charge in [-0.05, 0) is 29.7 Å². The smallest absolute Gasteiger partial charge is 0.303 e. The van der Waals surface area contributed by atoms with Gasteiger partial charge in [-0.1, -0.05) is 45.9 Å². The van der Waals surface area contributed by atoms with Crippen molar-refractivity contribution in [1.29, 1.82) is 0 Å². The van der Waals surface area contributed by atoms with Crippen molar-refractivity contribution in [1.82, 2.24) is 4.57 Å². The van der Waals surface area contributed by atoms with Gasteiger partial charge >= 0.3 is 5.97 Å². The topological polar surface area (TPSA) is 59.3 Å². The second-order valence-electron chi connectivity index (χ2n) is 8.34. The minimum Gasteiger partial charge on any atom is -0.481 e. The predicted molar refractivity (Wildman–Crippen MR) is 98.8 cm³/mol. The van der Waals surface area contributed by atoms with E-state index >= 15 is 0 Å². The van der Waals surface area contributed by atoms with Crippen LogP contribution in [-0.2, 0) is 11.3 Å². The molecule has 3 rings (SSSR count). The van der Waals surface area contributed by atoms with Crippen molar-refractivity contribution in [2.24, 2.45) is 16.7 Å². The van der Waals surface area contributed by atoms with Crippen LogP contribution in [0.5, 0.6) is 0 Å². The zero-order valence-corrected chi connectivity index (χ0v) is 15.5. The number of hydrogen-bond donors (Lipinski definition) is 1. The maximum Gasteiger partial charge on any atom is 0.303 e. The molecular formula is C21H27NO3. The van der Waals surface area contributed by atoms with E-state index in [-0.39, 0.29) is 29.0 Å². The van der Waals surface area contributed by atoms with Crippen molar-refractivity contribution < 1.29 is 14.7 Å². The fraction of sp³-hybridized carbons (Fsp3) is 0.524. The van der Waals surface area contributed by atoms with Crippen LogP contribution in [0.3, 0.4) is 0 Å². The summed E-state index contributed by atoms with van der Waals surface area (Å²) >= 11 is 0. The van der Waals surface area contributed by atoms with Crippen LogP contribution in [0.2, 0.25) is 0 Å². The Morgan fingerprint density at radius 3 is 2.32 bits per heavy atom. The van der Waals surface area contributed by atoms with Gasteiger partial charge in [0.05, 0.1) is 0 Å². The van der Waals surface area contributed by atoms with E-state index in [0.29, 0.717) is 6.42 Å². The summed E-state index contributed by atoms with van der Waals surface area (Å²) in [6.45, 7) is 9.40. The van der Waals surface area contributed by atoms with Crippen LogP contribution in [0.1, 0.15) is 57.3 Å². The number of para-hydroxylation sites is 1. The summed E-state index contributed by atoms with van der Waals surface area (Å²) in [5.41, 5.74) is 1.90. The third-order valence-electron chi connectivity index (χ3n) is 6.38. The number of ketones is 1. The van der Waals surface area contributed by atoms with E-state index in [9.17, 15) is 9.59 Å². The van der Waals surface area contributed by atoms with E-state index < -0.39 is 5.97 Å². The lowest BCUT2D eigenvalue weighted by Crippen LogP contribution is -2.07. The molecule has 2 aromatic rings. The highest BCUT2D eigenvalue weighted by Gasteiger charge is 2.68. The fourth-order valence-electron chi connectivity index (χ4n) is 4.19. The van der Waals surface area contributed by atoms with Gasteiger partial charge in [0.2, 0.25) is 0 Å². The normalized spacial score (nSPS) is 18.4. The molecule has 1 saturated carbocycles. The van der Waals surface area contributed by atoms with Gasteiger partial charge in [0.15, 0.2) is 5.78 Å². The number of benzene rings is 1. The number of aromatic nitrogens is 1. The van der Waals surface area contributed by atoms with Gasteiger partial charge in [-0.2, -0.15) is 0 Å². The zero-order valence-electron chi connectivity index (χ0n) is 15.5. The number of carboxylic acids is 1. The van der Waals surface area contributed by atoms with Crippen LogP contribution >= 0.6 is 0 Å². The second kappa shape index (κ2) is 6.01. The number of nitrogens with zero attached hydrogens (tertiary/aromatic N) is 1. The first kappa shape index (κ1) is 17.7. The molecule has 1 aliphatic rings. The summed E-state index contributed by atoms with van der Waals surface area (Å²) in [6.07, 6.45) is 3.60. The maximum absolute atomic E-state index is 13.2. The molecule has 0 spiro atoms. The first-order chi connectivity index (χ1) is 11.7. The maximum atomic E-state index is 13.2. The Morgan fingerprint density at radius 2 is 1.72 bits per heavy atom. The van der Waals surface area contributed by atoms with Crippen molar-refractivity contribution >= 4 is 22.7 Å². The number of carbonyl (C=O) groups is 2. The van der Waals surface area contributed by atoms with Crippen LogP contribution in [0.4, 0.5) is 0 Å². The molecule has 0 saturated heterocycles. The van der Waals surface area contributed by atoms with E-state index in [1.165, 1.54) is 0 Å². The Labute approximate surface area is 148 Å². The monoisotopic (exact) mass is 341 g/mol. The van der Waals surface area contributed by atoms with Gasteiger partial charge in [0.1, 0.15) is 0 Å². The molecule has 1 heterocycles. The van der Waals surface area contributed by atoms with Crippen molar-refractivity contribution in [3.05, 3.63) is 36.0 Å². The molecule has 4 nitrogen and oxygen atoms in total. The van der Waals surface area contributed by atoms with E-state index in [1.807, 2.05) is 30.5 Å². The molecule has 4 heteroatoms. The Hall–Kier alpha value is -2.10. The predicted octanol–water partition coefficient (Wildman–Crippen LogP) is 4.76. The highest BCUT2D eigenvalue weighted by molar-refractivity contribution is 6.11. The van der Waals surface area contributed by atoms with Gasteiger partial charge in [0, 0.05) is 41.5 Å². The molecule has 1 fully saturated rings. The highest BCUT2D eigenvalue weighted by atomic mass is 16.4. The van der Waals surface area contributed by atoms with E-state index in [0.717, 1.165) is 29.4 Å². The summed E-state index contributed by atoms with van der Waals surface area (Å²) < 4.78 is 2.10. The summed E-state index contributed by atoms with van der Waals surface area (Å²) in [6, 6.07) is 8.00. The molecule has 134 valence electrons. The molecule has 0 unspecified atom stereocenters. The lowest BCUT2D eigenvalue weighted by atomic mass is 10.0.